The number of carbonyl (C=O) groups excluding carboxylic acids is 2. The van der Waals surface area contributed by atoms with Crippen molar-refractivity contribution >= 4 is 17.5 Å². The fraction of sp³-hybridized carbons (Fsp3) is 0.529. The molecule has 0 bridgehead atoms. The molecule has 7 heteroatoms. The average molecular weight is 337 g/mol. The van der Waals surface area contributed by atoms with Gasteiger partial charge < -0.3 is 15.4 Å². The topological polar surface area (TPSA) is 70.7 Å². The third-order valence-electron chi connectivity index (χ3n) is 4.07. The standard InChI is InChI=1S/C17H24FN3O3/c1-17(2,16(23)20-14-6-4-3-5-13(14)18)15(22)19-7-8-21-9-11-24-12-10-21/h3-6H,7-12H2,1-2H3,(H,19,22)(H,20,23). The van der Waals surface area contributed by atoms with E-state index in [9.17, 15) is 14.0 Å². The van der Waals surface area contributed by atoms with Crippen LogP contribution >= 0.6 is 0 Å². The monoisotopic (exact) mass is 337 g/mol. The number of amides is 2. The summed E-state index contributed by atoms with van der Waals surface area (Å²) in [5.74, 6) is -1.46. The minimum absolute atomic E-state index is 0.0664. The maximum atomic E-state index is 13.6. The van der Waals surface area contributed by atoms with Gasteiger partial charge in [0.05, 0.1) is 18.9 Å². The fourth-order valence-corrected chi connectivity index (χ4v) is 2.32. The highest BCUT2D eigenvalue weighted by atomic mass is 19.1. The zero-order chi connectivity index (χ0) is 17.6. The lowest BCUT2D eigenvalue weighted by Crippen LogP contribution is -2.48. The Bertz CT molecular complexity index is 586. The van der Waals surface area contributed by atoms with Crippen molar-refractivity contribution in [3.05, 3.63) is 30.1 Å². The normalized spacial score (nSPS) is 15.8. The molecular weight excluding hydrogens is 313 g/mol. The van der Waals surface area contributed by atoms with Gasteiger partial charge >= 0.3 is 0 Å². The van der Waals surface area contributed by atoms with Gasteiger partial charge in [-0.1, -0.05) is 12.1 Å². The molecule has 1 fully saturated rings. The van der Waals surface area contributed by atoms with E-state index in [-0.39, 0.29) is 11.6 Å². The lowest BCUT2D eigenvalue weighted by molar-refractivity contribution is -0.138. The number of anilines is 1. The van der Waals surface area contributed by atoms with Crippen LogP contribution in [0.1, 0.15) is 13.8 Å². The van der Waals surface area contributed by atoms with Crippen molar-refractivity contribution in [1.82, 2.24) is 10.2 Å². The number of rotatable bonds is 6. The molecule has 6 nitrogen and oxygen atoms in total. The Hall–Kier alpha value is -1.99. The third kappa shape index (κ3) is 4.75. The van der Waals surface area contributed by atoms with Gasteiger partial charge in [0.15, 0.2) is 0 Å². The summed E-state index contributed by atoms with van der Waals surface area (Å²) in [5, 5.41) is 5.24. The molecule has 24 heavy (non-hydrogen) atoms. The number of carbonyl (C=O) groups is 2. The van der Waals surface area contributed by atoms with Gasteiger partial charge in [-0.25, -0.2) is 4.39 Å². The van der Waals surface area contributed by atoms with Crippen LogP contribution in [0.2, 0.25) is 0 Å². The van der Waals surface area contributed by atoms with E-state index >= 15 is 0 Å². The Kier molecular flexibility index (Phi) is 6.28. The molecule has 0 saturated carbocycles. The van der Waals surface area contributed by atoms with Crippen LogP contribution in [0.25, 0.3) is 0 Å². The molecular formula is C17H24FN3O3. The second-order valence-electron chi connectivity index (χ2n) is 6.27. The Balaban J connectivity index is 1.84. The fourth-order valence-electron chi connectivity index (χ4n) is 2.32. The maximum absolute atomic E-state index is 13.6. The summed E-state index contributed by atoms with van der Waals surface area (Å²) in [6.07, 6.45) is 0. The van der Waals surface area contributed by atoms with Crippen molar-refractivity contribution in [2.24, 2.45) is 5.41 Å². The number of nitrogens with one attached hydrogen (secondary N) is 2. The van der Waals surface area contributed by atoms with E-state index < -0.39 is 17.1 Å². The van der Waals surface area contributed by atoms with E-state index in [0.29, 0.717) is 26.3 Å². The molecule has 1 aliphatic rings. The van der Waals surface area contributed by atoms with E-state index in [2.05, 4.69) is 15.5 Å². The number of hydrogen-bond acceptors (Lipinski definition) is 4. The van der Waals surface area contributed by atoms with Gasteiger partial charge in [-0.05, 0) is 26.0 Å². The van der Waals surface area contributed by atoms with E-state index in [0.717, 1.165) is 13.1 Å². The van der Waals surface area contributed by atoms with E-state index in [1.54, 1.807) is 6.07 Å². The summed E-state index contributed by atoms with van der Waals surface area (Å²) >= 11 is 0. The summed E-state index contributed by atoms with van der Waals surface area (Å²) in [4.78, 5) is 26.8. The number of para-hydroxylation sites is 1. The van der Waals surface area contributed by atoms with Crippen molar-refractivity contribution < 1.29 is 18.7 Å². The van der Waals surface area contributed by atoms with Crippen LogP contribution in [-0.4, -0.2) is 56.1 Å². The van der Waals surface area contributed by atoms with Gasteiger partial charge in [-0.3, -0.25) is 14.5 Å². The van der Waals surface area contributed by atoms with Crippen molar-refractivity contribution in [2.45, 2.75) is 13.8 Å². The number of morpholine rings is 1. The second-order valence-corrected chi connectivity index (χ2v) is 6.27. The highest BCUT2D eigenvalue weighted by molar-refractivity contribution is 6.09. The molecule has 1 aromatic carbocycles. The lowest BCUT2D eigenvalue weighted by atomic mass is 9.91. The summed E-state index contributed by atoms with van der Waals surface area (Å²) < 4.78 is 18.9. The number of hydrogen-bond donors (Lipinski definition) is 2. The van der Waals surface area contributed by atoms with Gasteiger partial charge in [-0.15, -0.1) is 0 Å². The SMILES string of the molecule is CC(C)(C(=O)NCCN1CCOCC1)C(=O)Nc1ccccc1F. The Morgan fingerprint density at radius 1 is 1.21 bits per heavy atom. The van der Waals surface area contributed by atoms with Gasteiger partial charge in [0.1, 0.15) is 11.2 Å². The molecule has 0 spiro atoms. The zero-order valence-electron chi connectivity index (χ0n) is 14.1. The number of ether oxygens (including phenoxy) is 1. The van der Waals surface area contributed by atoms with Gasteiger partial charge in [0, 0.05) is 26.2 Å². The van der Waals surface area contributed by atoms with E-state index in [1.165, 1.54) is 32.0 Å². The molecule has 0 radical (unpaired) electrons. The van der Waals surface area contributed by atoms with Crippen LogP contribution in [0.3, 0.4) is 0 Å². The molecule has 2 N–H and O–H groups in total. The minimum atomic E-state index is -1.30. The van der Waals surface area contributed by atoms with Crippen molar-refractivity contribution in [3.8, 4) is 0 Å². The maximum Gasteiger partial charge on any atom is 0.239 e. The molecule has 0 atom stereocenters. The van der Waals surface area contributed by atoms with Crippen LogP contribution in [0.4, 0.5) is 10.1 Å². The van der Waals surface area contributed by atoms with E-state index in [4.69, 9.17) is 4.74 Å². The smallest absolute Gasteiger partial charge is 0.239 e. The zero-order valence-corrected chi connectivity index (χ0v) is 14.1. The van der Waals surface area contributed by atoms with Gasteiger partial charge in [-0.2, -0.15) is 0 Å². The highest BCUT2D eigenvalue weighted by Gasteiger charge is 2.36. The minimum Gasteiger partial charge on any atom is -0.379 e. The van der Waals surface area contributed by atoms with Crippen LogP contribution in [0.5, 0.6) is 0 Å². The molecule has 2 rings (SSSR count). The predicted octanol–water partition coefficient (Wildman–Crippen LogP) is 1.24. The van der Waals surface area contributed by atoms with Crippen molar-refractivity contribution in [3.63, 3.8) is 0 Å². The Labute approximate surface area is 141 Å². The van der Waals surface area contributed by atoms with Gasteiger partial charge in [0.25, 0.3) is 0 Å². The number of benzene rings is 1. The first kappa shape index (κ1) is 18.4. The molecule has 1 saturated heterocycles. The molecule has 132 valence electrons. The van der Waals surface area contributed by atoms with Crippen molar-refractivity contribution in [2.75, 3.05) is 44.7 Å². The average Bonchev–Trinajstić information content (AvgIpc) is 2.57. The van der Waals surface area contributed by atoms with Crippen LogP contribution in [-0.2, 0) is 14.3 Å². The molecule has 2 amide bonds. The number of nitrogens with zero attached hydrogens (tertiary/aromatic N) is 1. The molecule has 1 aromatic rings. The first-order chi connectivity index (χ1) is 11.4. The first-order valence-electron chi connectivity index (χ1n) is 8.05. The summed E-state index contributed by atoms with van der Waals surface area (Å²) in [5.41, 5.74) is -1.23. The summed E-state index contributed by atoms with van der Waals surface area (Å²) in [6.45, 7) is 7.28. The number of halogens is 1. The lowest BCUT2D eigenvalue weighted by Gasteiger charge is -2.27. The van der Waals surface area contributed by atoms with Crippen LogP contribution < -0.4 is 10.6 Å². The molecule has 0 aliphatic carbocycles. The van der Waals surface area contributed by atoms with E-state index in [1.807, 2.05) is 0 Å². The van der Waals surface area contributed by atoms with Crippen molar-refractivity contribution in [1.29, 1.82) is 0 Å². The summed E-state index contributed by atoms with van der Waals surface area (Å²) in [7, 11) is 0. The summed E-state index contributed by atoms with van der Waals surface area (Å²) in [6, 6.07) is 5.87. The molecule has 0 unspecified atom stereocenters. The van der Waals surface area contributed by atoms with Gasteiger partial charge in [0.2, 0.25) is 11.8 Å². The largest absolute Gasteiger partial charge is 0.379 e. The third-order valence-corrected chi connectivity index (χ3v) is 4.07. The van der Waals surface area contributed by atoms with Crippen LogP contribution in [0, 0.1) is 11.2 Å². The predicted molar refractivity (Wildman–Crippen MR) is 89.1 cm³/mol. The first-order valence-corrected chi connectivity index (χ1v) is 8.05. The highest BCUT2D eigenvalue weighted by Crippen LogP contribution is 2.20. The van der Waals surface area contributed by atoms with Crippen LogP contribution in [0.15, 0.2) is 24.3 Å². The quantitative estimate of drug-likeness (QED) is 0.766. The molecule has 1 heterocycles. The molecule has 1 aliphatic heterocycles. The Morgan fingerprint density at radius 3 is 2.54 bits per heavy atom. The second kappa shape index (κ2) is 8.21. The molecule has 0 aromatic heterocycles. The Morgan fingerprint density at radius 2 is 1.88 bits per heavy atom.